The number of pyridine rings is 1. The monoisotopic (exact) mass is 317 g/mol. The minimum Gasteiger partial charge on any atom is -0.335 e. The summed E-state index contributed by atoms with van der Waals surface area (Å²) in [6, 6.07) is 11.4. The van der Waals surface area contributed by atoms with Gasteiger partial charge in [0, 0.05) is 28.7 Å². The summed E-state index contributed by atoms with van der Waals surface area (Å²) in [7, 11) is 0. The Balaban J connectivity index is 1.79. The second-order valence-electron chi connectivity index (χ2n) is 4.30. The summed E-state index contributed by atoms with van der Waals surface area (Å²) in [6.07, 6.45) is 3.41. The average Bonchev–Trinajstić information content (AvgIpc) is 2.88. The molecule has 21 heavy (non-hydrogen) atoms. The zero-order valence-electron chi connectivity index (χ0n) is 11.0. The quantitative estimate of drug-likeness (QED) is 0.591. The fourth-order valence-electron chi connectivity index (χ4n) is 1.83. The first-order valence-corrected chi connectivity index (χ1v) is 7.59. The average molecular weight is 318 g/mol. The van der Waals surface area contributed by atoms with Gasteiger partial charge in [0.25, 0.3) is 0 Å². The highest BCUT2D eigenvalue weighted by atomic mass is 35.5. The molecular weight excluding hydrogens is 306 g/mol. The molecule has 106 valence electrons. The number of benzene rings is 1. The lowest BCUT2D eigenvalue weighted by atomic mass is 10.2. The Morgan fingerprint density at radius 1 is 1.14 bits per heavy atom. The molecule has 0 saturated carbocycles. The van der Waals surface area contributed by atoms with Crippen LogP contribution in [0.2, 0.25) is 5.02 Å². The molecular formula is C14H12ClN5S. The van der Waals surface area contributed by atoms with E-state index in [2.05, 4.69) is 15.2 Å². The van der Waals surface area contributed by atoms with Gasteiger partial charge in [-0.05, 0) is 23.8 Å². The van der Waals surface area contributed by atoms with Gasteiger partial charge in [-0.2, -0.15) is 0 Å². The van der Waals surface area contributed by atoms with Crippen molar-refractivity contribution >= 4 is 23.4 Å². The predicted molar refractivity (Wildman–Crippen MR) is 84.4 cm³/mol. The number of nitrogens with zero attached hydrogens (tertiary/aromatic N) is 4. The molecule has 3 rings (SSSR count). The summed E-state index contributed by atoms with van der Waals surface area (Å²) in [5.41, 5.74) is 1.87. The van der Waals surface area contributed by atoms with Gasteiger partial charge >= 0.3 is 0 Å². The summed E-state index contributed by atoms with van der Waals surface area (Å²) >= 11 is 7.62. The van der Waals surface area contributed by atoms with Gasteiger partial charge in [0.05, 0.1) is 0 Å². The highest BCUT2D eigenvalue weighted by Gasteiger charge is 2.12. The second kappa shape index (κ2) is 6.15. The molecule has 0 aliphatic carbocycles. The normalized spacial score (nSPS) is 10.7. The summed E-state index contributed by atoms with van der Waals surface area (Å²) in [6.45, 7) is 0. The van der Waals surface area contributed by atoms with Crippen LogP contribution in [0.4, 0.5) is 0 Å². The highest BCUT2D eigenvalue weighted by Crippen LogP contribution is 2.26. The van der Waals surface area contributed by atoms with Crippen molar-refractivity contribution in [2.45, 2.75) is 10.9 Å². The molecule has 3 aromatic rings. The van der Waals surface area contributed by atoms with Crippen LogP contribution in [0.25, 0.3) is 11.4 Å². The Hall–Kier alpha value is -2.05. The first-order chi connectivity index (χ1) is 10.3. The zero-order valence-corrected chi connectivity index (χ0v) is 12.6. The topological polar surface area (TPSA) is 69.6 Å². The van der Waals surface area contributed by atoms with Crippen LogP contribution in [-0.4, -0.2) is 19.9 Å². The number of thioether (sulfide) groups is 1. The molecule has 0 aliphatic rings. The molecule has 0 atom stereocenters. The molecule has 0 amide bonds. The van der Waals surface area contributed by atoms with Gasteiger partial charge in [-0.1, -0.05) is 41.6 Å². The van der Waals surface area contributed by atoms with Crippen LogP contribution in [0.15, 0.2) is 53.9 Å². The van der Waals surface area contributed by atoms with Gasteiger partial charge in [0.15, 0.2) is 5.82 Å². The van der Waals surface area contributed by atoms with E-state index in [1.807, 2.05) is 36.4 Å². The van der Waals surface area contributed by atoms with Crippen molar-refractivity contribution in [3.8, 4) is 11.4 Å². The van der Waals surface area contributed by atoms with E-state index in [9.17, 15) is 0 Å². The number of rotatable bonds is 4. The van der Waals surface area contributed by atoms with Crippen LogP contribution in [0.5, 0.6) is 0 Å². The van der Waals surface area contributed by atoms with E-state index in [1.54, 1.807) is 12.4 Å². The van der Waals surface area contributed by atoms with Crippen LogP contribution in [0.1, 0.15) is 5.56 Å². The van der Waals surface area contributed by atoms with Crippen molar-refractivity contribution in [3.05, 3.63) is 59.4 Å². The zero-order chi connectivity index (χ0) is 14.7. The molecule has 0 aliphatic heterocycles. The third-order valence-corrected chi connectivity index (χ3v) is 4.26. The molecule has 0 fully saturated rings. The lowest BCUT2D eigenvalue weighted by Gasteiger charge is -2.04. The Morgan fingerprint density at radius 2 is 2.00 bits per heavy atom. The van der Waals surface area contributed by atoms with Gasteiger partial charge in [-0.25, -0.2) is 4.68 Å². The van der Waals surface area contributed by atoms with Crippen molar-refractivity contribution in [3.63, 3.8) is 0 Å². The molecule has 2 aromatic heterocycles. The summed E-state index contributed by atoms with van der Waals surface area (Å²) in [5, 5.41) is 9.60. The van der Waals surface area contributed by atoms with Crippen LogP contribution in [0.3, 0.4) is 0 Å². The van der Waals surface area contributed by atoms with Crippen molar-refractivity contribution in [2.75, 3.05) is 5.84 Å². The Bertz CT molecular complexity index is 744. The third kappa shape index (κ3) is 3.01. The molecule has 5 nitrogen and oxygen atoms in total. The van der Waals surface area contributed by atoms with Gasteiger partial charge < -0.3 is 5.84 Å². The maximum atomic E-state index is 6.14. The van der Waals surface area contributed by atoms with Crippen molar-refractivity contribution in [2.24, 2.45) is 0 Å². The highest BCUT2D eigenvalue weighted by molar-refractivity contribution is 7.98. The number of hydrogen-bond acceptors (Lipinski definition) is 5. The SMILES string of the molecule is Nn1c(SCc2ccccc2Cl)nnc1-c1cccnc1. The van der Waals surface area contributed by atoms with E-state index < -0.39 is 0 Å². The molecule has 0 spiro atoms. The Kier molecular flexibility index (Phi) is 4.08. The Labute approximate surface area is 131 Å². The van der Waals surface area contributed by atoms with E-state index in [0.29, 0.717) is 16.7 Å². The molecule has 2 N–H and O–H groups in total. The van der Waals surface area contributed by atoms with E-state index in [-0.39, 0.29) is 0 Å². The van der Waals surface area contributed by atoms with E-state index in [1.165, 1.54) is 16.4 Å². The fourth-order valence-corrected chi connectivity index (χ4v) is 2.97. The van der Waals surface area contributed by atoms with E-state index in [4.69, 9.17) is 17.4 Å². The number of nitrogens with two attached hydrogens (primary N) is 1. The molecule has 2 heterocycles. The number of hydrogen-bond donors (Lipinski definition) is 1. The summed E-state index contributed by atoms with van der Waals surface area (Å²) in [5.74, 6) is 7.32. The number of nitrogen functional groups attached to an aromatic ring is 1. The van der Waals surface area contributed by atoms with Crippen LogP contribution in [-0.2, 0) is 5.75 Å². The minimum absolute atomic E-state index is 0.588. The molecule has 0 bridgehead atoms. The second-order valence-corrected chi connectivity index (χ2v) is 5.65. The predicted octanol–water partition coefficient (Wildman–Crippen LogP) is 3.00. The lowest BCUT2D eigenvalue weighted by Crippen LogP contribution is -2.11. The standard InChI is InChI=1S/C14H12ClN5S/c15-12-6-2-1-4-11(12)9-21-14-19-18-13(20(14)16)10-5-3-7-17-8-10/h1-8H,9,16H2. The van der Waals surface area contributed by atoms with Crippen molar-refractivity contribution in [1.82, 2.24) is 19.9 Å². The van der Waals surface area contributed by atoms with Gasteiger partial charge in [-0.3, -0.25) is 4.98 Å². The first-order valence-electron chi connectivity index (χ1n) is 6.23. The van der Waals surface area contributed by atoms with E-state index in [0.717, 1.165) is 16.1 Å². The number of halogens is 1. The lowest BCUT2D eigenvalue weighted by molar-refractivity contribution is 0.849. The molecule has 0 unspecified atom stereocenters. The fraction of sp³-hybridized carbons (Fsp3) is 0.0714. The summed E-state index contributed by atoms with van der Waals surface area (Å²) in [4.78, 5) is 4.06. The number of aromatic nitrogens is 4. The maximum Gasteiger partial charge on any atom is 0.210 e. The van der Waals surface area contributed by atoms with Crippen LogP contribution in [0, 0.1) is 0 Å². The molecule has 7 heteroatoms. The third-order valence-electron chi connectivity index (χ3n) is 2.90. The first kappa shape index (κ1) is 13.9. The molecule has 0 saturated heterocycles. The van der Waals surface area contributed by atoms with Gasteiger partial charge in [0.2, 0.25) is 5.16 Å². The maximum absolute atomic E-state index is 6.14. The van der Waals surface area contributed by atoms with Gasteiger partial charge in [-0.15, -0.1) is 10.2 Å². The largest absolute Gasteiger partial charge is 0.335 e. The van der Waals surface area contributed by atoms with Crippen LogP contribution >= 0.6 is 23.4 Å². The van der Waals surface area contributed by atoms with Crippen molar-refractivity contribution < 1.29 is 0 Å². The Morgan fingerprint density at radius 3 is 2.76 bits per heavy atom. The molecule has 0 radical (unpaired) electrons. The minimum atomic E-state index is 0.588. The smallest absolute Gasteiger partial charge is 0.210 e. The van der Waals surface area contributed by atoms with E-state index >= 15 is 0 Å². The summed E-state index contributed by atoms with van der Waals surface area (Å²) < 4.78 is 1.47. The van der Waals surface area contributed by atoms with Crippen LogP contribution < -0.4 is 5.84 Å². The molecule has 1 aromatic carbocycles. The van der Waals surface area contributed by atoms with Crippen molar-refractivity contribution in [1.29, 1.82) is 0 Å². The van der Waals surface area contributed by atoms with Gasteiger partial charge in [0.1, 0.15) is 0 Å².